The topological polar surface area (TPSA) is 67.2 Å². The summed E-state index contributed by atoms with van der Waals surface area (Å²) in [6, 6.07) is 8.43. The largest absolute Gasteiger partial charge is 0.483 e. The van der Waals surface area contributed by atoms with E-state index >= 15 is 0 Å². The molecule has 0 aliphatic rings. The van der Waals surface area contributed by atoms with Crippen molar-refractivity contribution in [3.05, 3.63) is 48.0 Å². The average Bonchev–Trinajstić information content (AvgIpc) is 2.92. The molecule has 0 radical (unpaired) electrons. The van der Waals surface area contributed by atoms with Gasteiger partial charge in [0.1, 0.15) is 5.82 Å². The van der Waals surface area contributed by atoms with Crippen molar-refractivity contribution in [2.24, 2.45) is 0 Å². The number of rotatable bonds is 3. The Kier molecular flexibility index (Phi) is 9.60. The second-order valence-electron chi connectivity index (χ2n) is 3.68. The SMILES string of the molecule is CC.CNCc1nccn1-c1ccc(C)cc1.O=CO. The quantitative estimate of drug-likeness (QED) is 0.846. The Morgan fingerprint density at radius 1 is 1.30 bits per heavy atom. The number of hydrogen-bond donors (Lipinski definition) is 2. The lowest BCUT2D eigenvalue weighted by atomic mass is 10.2. The molecule has 0 amide bonds. The third kappa shape index (κ3) is 5.67. The Labute approximate surface area is 120 Å². The molecule has 0 unspecified atom stereocenters. The predicted octanol–water partition coefficient (Wildman–Crippen LogP) is 2.63. The highest BCUT2D eigenvalue weighted by atomic mass is 16.3. The van der Waals surface area contributed by atoms with E-state index in [1.165, 1.54) is 5.56 Å². The van der Waals surface area contributed by atoms with E-state index in [9.17, 15) is 0 Å². The van der Waals surface area contributed by atoms with Crippen molar-refractivity contribution in [2.75, 3.05) is 7.05 Å². The van der Waals surface area contributed by atoms with Crippen LogP contribution in [-0.4, -0.2) is 28.2 Å². The van der Waals surface area contributed by atoms with E-state index < -0.39 is 0 Å². The Balaban J connectivity index is 0.000000641. The van der Waals surface area contributed by atoms with E-state index in [-0.39, 0.29) is 6.47 Å². The fraction of sp³-hybridized carbons (Fsp3) is 0.333. The molecule has 0 aliphatic heterocycles. The molecule has 0 saturated carbocycles. The zero-order valence-electron chi connectivity index (χ0n) is 12.5. The second-order valence-corrected chi connectivity index (χ2v) is 3.68. The molecule has 0 saturated heterocycles. The standard InChI is InChI=1S/C12H15N3.C2H6.CH2O2/c1-10-3-5-11(6-4-10)15-8-7-14-12(15)9-13-2;1-2;2-1-3/h3-8,13H,9H2,1-2H3;1-2H3;1H,(H,2,3). The third-order valence-electron chi connectivity index (χ3n) is 2.36. The maximum Gasteiger partial charge on any atom is 0.290 e. The van der Waals surface area contributed by atoms with Gasteiger partial charge in [-0.2, -0.15) is 0 Å². The van der Waals surface area contributed by atoms with Crippen LogP contribution in [0.25, 0.3) is 5.69 Å². The van der Waals surface area contributed by atoms with Gasteiger partial charge in [0.05, 0.1) is 6.54 Å². The molecule has 1 aromatic carbocycles. The lowest BCUT2D eigenvalue weighted by molar-refractivity contribution is -0.122. The van der Waals surface area contributed by atoms with Gasteiger partial charge in [0.2, 0.25) is 0 Å². The molecule has 5 heteroatoms. The molecular formula is C15H23N3O2. The predicted molar refractivity (Wildman–Crippen MR) is 81.1 cm³/mol. The van der Waals surface area contributed by atoms with E-state index in [4.69, 9.17) is 9.90 Å². The van der Waals surface area contributed by atoms with Crippen LogP contribution < -0.4 is 5.32 Å². The molecule has 20 heavy (non-hydrogen) atoms. The van der Waals surface area contributed by atoms with Gasteiger partial charge in [-0.25, -0.2) is 4.98 Å². The third-order valence-corrected chi connectivity index (χ3v) is 2.36. The minimum Gasteiger partial charge on any atom is -0.483 e. The first kappa shape index (κ1) is 17.9. The molecule has 5 nitrogen and oxygen atoms in total. The lowest BCUT2D eigenvalue weighted by Crippen LogP contribution is -2.10. The van der Waals surface area contributed by atoms with E-state index in [1.54, 1.807) is 0 Å². The van der Waals surface area contributed by atoms with Crippen LogP contribution in [0.3, 0.4) is 0 Å². The number of aryl methyl sites for hydroxylation is 1. The first-order valence-electron chi connectivity index (χ1n) is 6.54. The van der Waals surface area contributed by atoms with Crippen LogP contribution in [0.5, 0.6) is 0 Å². The second kappa shape index (κ2) is 10.8. The number of imidazole rings is 1. The fourth-order valence-electron chi connectivity index (χ4n) is 1.56. The maximum absolute atomic E-state index is 8.36. The van der Waals surface area contributed by atoms with Crippen molar-refractivity contribution >= 4 is 6.47 Å². The van der Waals surface area contributed by atoms with Gasteiger partial charge < -0.3 is 15.0 Å². The van der Waals surface area contributed by atoms with Gasteiger partial charge >= 0.3 is 0 Å². The van der Waals surface area contributed by atoms with Crippen LogP contribution in [-0.2, 0) is 11.3 Å². The van der Waals surface area contributed by atoms with Crippen molar-refractivity contribution in [2.45, 2.75) is 27.3 Å². The first-order valence-corrected chi connectivity index (χ1v) is 6.54. The minimum absolute atomic E-state index is 0.250. The van der Waals surface area contributed by atoms with Crippen LogP contribution in [0.15, 0.2) is 36.7 Å². The number of benzene rings is 1. The summed E-state index contributed by atoms with van der Waals surface area (Å²) in [5.74, 6) is 1.03. The van der Waals surface area contributed by atoms with Gasteiger partial charge in [-0.15, -0.1) is 0 Å². The van der Waals surface area contributed by atoms with Crippen molar-refractivity contribution in [3.63, 3.8) is 0 Å². The molecule has 110 valence electrons. The minimum atomic E-state index is -0.250. The van der Waals surface area contributed by atoms with Crippen LogP contribution in [0.4, 0.5) is 0 Å². The van der Waals surface area contributed by atoms with E-state index in [0.29, 0.717) is 0 Å². The van der Waals surface area contributed by atoms with E-state index in [0.717, 1.165) is 18.1 Å². The summed E-state index contributed by atoms with van der Waals surface area (Å²) >= 11 is 0. The summed E-state index contributed by atoms with van der Waals surface area (Å²) < 4.78 is 2.09. The molecule has 0 bridgehead atoms. The molecule has 0 aliphatic carbocycles. The highest BCUT2D eigenvalue weighted by Gasteiger charge is 2.02. The maximum atomic E-state index is 8.36. The summed E-state index contributed by atoms with van der Waals surface area (Å²) in [4.78, 5) is 12.7. The van der Waals surface area contributed by atoms with Crippen molar-refractivity contribution in [1.82, 2.24) is 14.9 Å². The smallest absolute Gasteiger partial charge is 0.290 e. The molecule has 2 aromatic rings. The number of nitrogens with one attached hydrogen (secondary N) is 1. The molecule has 0 spiro atoms. The van der Waals surface area contributed by atoms with Gasteiger partial charge in [0.15, 0.2) is 0 Å². The van der Waals surface area contributed by atoms with E-state index in [1.807, 2.05) is 33.3 Å². The fourth-order valence-corrected chi connectivity index (χ4v) is 1.56. The van der Waals surface area contributed by atoms with Gasteiger partial charge in [-0.1, -0.05) is 31.5 Å². The molecule has 2 rings (SSSR count). The van der Waals surface area contributed by atoms with Crippen LogP contribution >= 0.6 is 0 Å². The highest BCUT2D eigenvalue weighted by molar-refractivity contribution is 5.35. The summed E-state index contributed by atoms with van der Waals surface area (Å²) in [6.45, 7) is 6.62. The molecule has 1 heterocycles. The van der Waals surface area contributed by atoms with Crippen molar-refractivity contribution in [1.29, 1.82) is 0 Å². The Morgan fingerprint density at radius 3 is 2.35 bits per heavy atom. The van der Waals surface area contributed by atoms with Crippen LogP contribution in [0.1, 0.15) is 25.2 Å². The number of aromatic nitrogens is 2. The number of carbonyl (C=O) groups is 1. The first-order chi connectivity index (χ1) is 9.72. The Bertz CT molecular complexity index is 478. The number of nitrogens with zero attached hydrogens (tertiary/aromatic N) is 2. The molecule has 1 aromatic heterocycles. The summed E-state index contributed by atoms with van der Waals surface area (Å²) in [6.07, 6.45) is 3.81. The number of carboxylic acid groups (broad SMARTS) is 1. The summed E-state index contributed by atoms with van der Waals surface area (Å²) in [5.41, 5.74) is 2.43. The van der Waals surface area contributed by atoms with Gasteiger partial charge in [-0.05, 0) is 26.1 Å². The van der Waals surface area contributed by atoms with Gasteiger partial charge in [0.25, 0.3) is 6.47 Å². The Morgan fingerprint density at radius 2 is 1.85 bits per heavy atom. The van der Waals surface area contributed by atoms with Crippen LogP contribution in [0.2, 0.25) is 0 Å². The Hall–Kier alpha value is -2.14. The zero-order chi connectivity index (χ0) is 15.4. The number of hydrogen-bond acceptors (Lipinski definition) is 3. The van der Waals surface area contributed by atoms with E-state index in [2.05, 4.69) is 46.1 Å². The van der Waals surface area contributed by atoms with Crippen LogP contribution in [0, 0.1) is 6.92 Å². The summed E-state index contributed by atoms with van der Waals surface area (Å²) in [7, 11) is 1.92. The monoisotopic (exact) mass is 277 g/mol. The normalized spacial score (nSPS) is 8.80. The molecule has 0 atom stereocenters. The van der Waals surface area contributed by atoms with Crippen molar-refractivity contribution in [3.8, 4) is 5.69 Å². The molecule has 2 N–H and O–H groups in total. The summed E-state index contributed by atoms with van der Waals surface area (Å²) in [5, 5.41) is 10.00. The van der Waals surface area contributed by atoms with Crippen molar-refractivity contribution < 1.29 is 9.90 Å². The van der Waals surface area contributed by atoms with Gasteiger partial charge in [-0.3, -0.25) is 4.79 Å². The average molecular weight is 277 g/mol. The van der Waals surface area contributed by atoms with Gasteiger partial charge in [0, 0.05) is 18.1 Å². The molecular weight excluding hydrogens is 254 g/mol. The molecule has 0 fully saturated rings. The zero-order valence-corrected chi connectivity index (χ0v) is 12.5. The highest BCUT2D eigenvalue weighted by Crippen LogP contribution is 2.11. The lowest BCUT2D eigenvalue weighted by Gasteiger charge is -2.07.